The number of rotatable bonds is 8. The molecule has 1 rings (SSSR count). The molecule has 0 amide bonds. The highest BCUT2D eigenvalue weighted by molar-refractivity contribution is 7.71. The Labute approximate surface area is 122 Å². The van der Waals surface area contributed by atoms with Crippen molar-refractivity contribution >= 4 is 17.9 Å². The van der Waals surface area contributed by atoms with Crippen molar-refractivity contribution in [2.75, 3.05) is 31.5 Å². The monoisotopic (exact) mass is 284 g/mol. The van der Waals surface area contributed by atoms with Crippen molar-refractivity contribution in [3.63, 3.8) is 0 Å². The van der Waals surface area contributed by atoms with E-state index in [9.17, 15) is 4.79 Å². The van der Waals surface area contributed by atoms with Gasteiger partial charge in [-0.05, 0) is 39.4 Å². The first-order chi connectivity index (χ1) is 9.11. The van der Waals surface area contributed by atoms with E-state index in [1.165, 1.54) is 6.42 Å². The van der Waals surface area contributed by atoms with Gasteiger partial charge in [0.05, 0.1) is 5.69 Å². The summed E-state index contributed by atoms with van der Waals surface area (Å²) in [5.74, 6) is 0. The van der Waals surface area contributed by atoms with E-state index in [-0.39, 0.29) is 5.43 Å². The number of hydrogen-bond donors (Lipinski definition) is 1. The second-order valence-electron chi connectivity index (χ2n) is 4.37. The van der Waals surface area contributed by atoms with Crippen molar-refractivity contribution in [3.8, 4) is 0 Å². The van der Waals surface area contributed by atoms with Crippen LogP contribution in [0.15, 0.2) is 4.79 Å². The Kier molecular flexibility index (Phi) is 9.70. The Balaban J connectivity index is 0.00000154. The summed E-state index contributed by atoms with van der Waals surface area (Å²) in [5, 5.41) is 3.26. The lowest BCUT2D eigenvalue weighted by atomic mass is 10.1. The Hall–Kier alpha value is -0.740. The maximum Gasteiger partial charge on any atom is 0.203 e. The summed E-state index contributed by atoms with van der Waals surface area (Å²) in [6.45, 7) is 14.5. The third-order valence-corrected chi connectivity index (χ3v) is 3.48. The van der Waals surface area contributed by atoms with Crippen LogP contribution in [0.3, 0.4) is 0 Å². The summed E-state index contributed by atoms with van der Waals surface area (Å²) in [5.41, 5.74) is 1.71. The van der Waals surface area contributed by atoms with E-state index in [1.54, 1.807) is 0 Å². The van der Waals surface area contributed by atoms with E-state index in [0.29, 0.717) is 4.51 Å². The topological polar surface area (TPSA) is 32.3 Å². The minimum atomic E-state index is 0.0312. The predicted molar refractivity (Wildman–Crippen MR) is 87.5 cm³/mol. The molecule has 0 unspecified atom stereocenters. The lowest BCUT2D eigenvalue weighted by molar-refractivity contribution is 0.288. The molecule has 0 aromatic heterocycles. The second kappa shape index (κ2) is 10.1. The van der Waals surface area contributed by atoms with Crippen LogP contribution in [0, 0.1) is 11.4 Å². The normalized spacial score (nSPS) is 10.4. The molecule has 19 heavy (non-hydrogen) atoms. The van der Waals surface area contributed by atoms with Gasteiger partial charge in [-0.2, -0.15) is 0 Å². The first-order valence-electron chi connectivity index (χ1n) is 7.37. The number of hydrogen-bond acceptors (Lipinski definition) is 4. The predicted octanol–water partition coefficient (Wildman–Crippen LogP) is 3.52. The van der Waals surface area contributed by atoms with E-state index >= 15 is 0 Å². The highest BCUT2D eigenvalue weighted by atomic mass is 32.1. The van der Waals surface area contributed by atoms with Crippen LogP contribution in [0.4, 0.5) is 5.69 Å². The second-order valence-corrected chi connectivity index (χ2v) is 4.78. The molecule has 3 nitrogen and oxygen atoms in total. The van der Waals surface area contributed by atoms with Crippen molar-refractivity contribution < 1.29 is 0 Å². The quantitative estimate of drug-likeness (QED) is 0.585. The van der Waals surface area contributed by atoms with Crippen LogP contribution < -0.4 is 10.7 Å². The van der Waals surface area contributed by atoms with Crippen LogP contribution in [0.2, 0.25) is 0 Å². The number of nitrogens with one attached hydrogen (secondary N) is 1. The fraction of sp³-hybridized carbons (Fsp3) is 0.733. The standard InChI is InChI=1S/C13H22N2OS.C2H6/c1-4-8-15(5-2)9-6-7-14-11-10(3)12(16)13(11)17;1-2/h14H,4-9H2,1-3H3;1-2H3. The van der Waals surface area contributed by atoms with Crippen LogP contribution in [-0.2, 0) is 0 Å². The first kappa shape index (κ1) is 18.3. The van der Waals surface area contributed by atoms with Gasteiger partial charge in [-0.15, -0.1) is 0 Å². The molecule has 0 saturated heterocycles. The van der Waals surface area contributed by atoms with Crippen molar-refractivity contribution in [1.82, 2.24) is 4.90 Å². The molecule has 4 heteroatoms. The van der Waals surface area contributed by atoms with Gasteiger partial charge in [0.1, 0.15) is 4.51 Å². The molecule has 0 aliphatic heterocycles. The van der Waals surface area contributed by atoms with Crippen LogP contribution in [0.5, 0.6) is 0 Å². The van der Waals surface area contributed by atoms with Gasteiger partial charge in [0.15, 0.2) is 0 Å². The van der Waals surface area contributed by atoms with Crippen LogP contribution in [0.1, 0.15) is 46.1 Å². The van der Waals surface area contributed by atoms with Gasteiger partial charge in [0, 0.05) is 12.1 Å². The molecule has 0 saturated carbocycles. The Bertz CT molecular complexity index is 422. The Morgan fingerprint density at radius 2 is 1.84 bits per heavy atom. The molecule has 0 radical (unpaired) electrons. The fourth-order valence-electron chi connectivity index (χ4n) is 1.98. The Morgan fingerprint density at radius 3 is 2.32 bits per heavy atom. The number of anilines is 1. The summed E-state index contributed by atoms with van der Waals surface area (Å²) in [4.78, 5) is 13.6. The van der Waals surface area contributed by atoms with Crippen molar-refractivity contribution in [1.29, 1.82) is 0 Å². The molecular formula is C15H28N2OS. The van der Waals surface area contributed by atoms with Crippen LogP contribution >= 0.6 is 12.2 Å². The smallest absolute Gasteiger partial charge is 0.203 e. The summed E-state index contributed by atoms with van der Waals surface area (Å²) < 4.78 is 0.475. The maximum atomic E-state index is 11.2. The summed E-state index contributed by atoms with van der Waals surface area (Å²) >= 11 is 4.99. The minimum absolute atomic E-state index is 0.0312. The zero-order chi connectivity index (χ0) is 14.8. The Morgan fingerprint density at radius 1 is 1.21 bits per heavy atom. The van der Waals surface area contributed by atoms with E-state index in [2.05, 4.69) is 24.1 Å². The summed E-state index contributed by atoms with van der Waals surface area (Å²) in [6, 6.07) is 0. The molecule has 0 fully saturated rings. The van der Waals surface area contributed by atoms with E-state index in [1.807, 2.05) is 20.8 Å². The van der Waals surface area contributed by atoms with Crippen molar-refractivity contribution in [2.24, 2.45) is 0 Å². The largest absolute Gasteiger partial charge is 0.383 e. The van der Waals surface area contributed by atoms with Gasteiger partial charge in [-0.1, -0.05) is 39.9 Å². The molecule has 1 aromatic rings. The van der Waals surface area contributed by atoms with Gasteiger partial charge in [0.25, 0.3) is 0 Å². The first-order valence-corrected chi connectivity index (χ1v) is 7.78. The lowest BCUT2D eigenvalue weighted by Gasteiger charge is -2.20. The average Bonchev–Trinajstić information content (AvgIpc) is 2.46. The highest BCUT2D eigenvalue weighted by Crippen LogP contribution is 2.15. The molecule has 0 aliphatic carbocycles. The molecule has 0 bridgehead atoms. The summed E-state index contributed by atoms with van der Waals surface area (Å²) in [7, 11) is 0. The van der Waals surface area contributed by atoms with E-state index in [4.69, 9.17) is 12.2 Å². The zero-order valence-electron chi connectivity index (χ0n) is 13.0. The molecule has 0 atom stereocenters. The van der Waals surface area contributed by atoms with Gasteiger partial charge in [-0.3, -0.25) is 4.79 Å². The molecule has 0 aliphatic rings. The average molecular weight is 284 g/mol. The maximum absolute atomic E-state index is 11.2. The van der Waals surface area contributed by atoms with Gasteiger partial charge in [-0.25, -0.2) is 0 Å². The van der Waals surface area contributed by atoms with E-state index in [0.717, 1.165) is 43.9 Å². The fourth-order valence-corrected chi connectivity index (χ4v) is 2.36. The number of nitrogens with zero attached hydrogens (tertiary/aromatic N) is 1. The molecule has 0 heterocycles. The van der Waals surface area contributed by atoms with E-state index < -0.39 is 0 Å². The molecule has 1 aromatic carbocycles. The van der Waals surface area contributed by atoms with Crippen molar-refractivity contribution in [2.45, 2.75) is 47.5 Å². The lowest BCUT2D eigenvalue weighted by Crippen LogP contribution is -2.27. The van der Waals surface area contributed by atoms with Gasteiger partial charge >= 0.3 is 0 Å². The molecule has 110 valence electrons. The molecule has 0 spiro atoms. The highest BCUT2D eigenvalue weighted by Gasteiger charge is 2.12. The SMILES string of the molecule is CC.CCCN(CC)CCCNc1c(C)c(=O)c1=S. The zero-order valence-corrected chi connectivity index (χ0v) is 13.8. The van der Waals surface area contributed by atoms with Crippen molar-refractivity contribution in [3.05, 3.63) is 20.3 Å². The molecule has 1 N–H and O–H groups in total. The molecular weight excluding hydrogens is 256 g/mol. The minimum Gasteiger partial charge on any atom is -0.383 e. The summed E-state index contributed by atoms with van der Waals surface area (Å²) in [6.07, 6.45) is 2.28. The van der Waals surface area contributed by atoms with Gasteiger partial charge in [0.2, 0.25) is 5.43 Å². The van der Waals surface area contributed by atoms with Crippen LogP contribution in [0.25, 0.3) is 0 Å². The van der Waals surface area contributed by atoms with Gasteiger partial charge < -0.3 is 10.2 Å². The third kappa shape index (κ3) is 5.41. The van der Waals surface area contributed by atoms with Crippen LogP contribution in [-0.4, -0.2) is 31.1 Å². The third-order valence-electron chi connectivity index (χ3n) is 3.09.